The lowest BCUT2D eigenvalue weighted by molar-refractivity contribution is -0.131. The molecule has 25 nitrogen and oxygen atoms in total. The van der Waals surface area contributed by atoms with Crippen molar-refractivity contribution in [1.82, 2.24) is 34.6 Å². The van der Waals surface area contributed by atoms with Crippen LogP contribution in [0.5, 0.6) is 17.2 Å². The fourth-order valence-electron chi connectivity index (χ4n) is 14.5. The second-order valence-corrected chi connectivity index (χ2v) is 45.1. The van der Waals surface area contributed by atoms with Crippen LogP contribution in [-0.4, -0.2) is 171 Å². The van der Waals surface area contributed by atoms with Gasteiger partial charge in [0.05, 0.1) is 95.9 Å². The number of halogens is 5. The molecule has 36 heteroatoms. The lowest BCUT2D eigenvalue weighted by Crippen LogP contribution is -2.33. The average Bonchev–Trinajstić information content (AvgIpc) is 1.86. The number of hydrogen-bond donors (Lipinski definition) is 5. The molecule has 0 fully saturated rings. The topological polar surface area (TPSA) is 335 Å². The van der Waals surface area contributed by atoms with Crippen LogP contribution in [0.4, 0.5) is 0 Å². The van der Waals surface area contributed by atoms with Gasteiger partial charge in [-0.25, -0.2) is 38.4 Å². The number of sulfone groups is 1. The molecule has 0 unspecified atom stereocenters. The Morgan fingerprint density at radius 1 is 0.415 bits per heavy atom. The molecule has 4 amide bonds. The van der Waals surface area contributed by atoms with E-state index in [4.69, 9.17) is 82.9 Å². The van der Waals surface area contributed by atoms with Crippen molar-refractivity contribution in [3.8, 4) is 41.9 Å². The summed E-state index contributed by atoms with van der Waals surface area (Å²) < 4.78 is 136. The SMILES string of the molecule is C#CCNS(=O)(=O)c1ccc(CCN(Cc2cc(Br)ccc2OCCC)C(=O)Cc2ccsc2)cc1.C#CCNS(=O)(=O)c1ccc(CCN(Cc2cc(Cl)ccc2OCCCC)C(=O)Cc2ccsc2)cc1.COc1ccc(Cl)cc1C(=O)NCCc1ccc(S(=O)(=O)CCCOCCOCCCCCCCl)cc1.O=C(NCCc1ccc(S(=O)(=O)NCc2ccccc2)cc1)c1cc(Cl)ccc1C(=O)c1ccccc1. The van der Waals surface area contributed by atoms with Crippen LogP contribution < -0.4 is 39.0 Å². The Morgan fingerprint density at radius 3 is 1.35 bits per heavy atom. The van der Waals surface area contributed by atoms with Crippen molar-refractivity contribution in [2.24, 2.45) is 0 Å². The number of carbonyl (C=O) groups excluding carboxylic acids is 5. The van der Waals surface area contributed by atoms with Gasteiger partial charge in [0.25, 0.3) is 11.8 Å². The maximum atomic E-state index is 13.3. The Hall–Kier alpha value is -11.1. The zero-order valence-electron chi connectivity index (χ0n) is 82.1. The van der Waals surface area contributed by atoms with Gasteiger partial charge in [0.2, 0.25) is 41.9 Å². The smallest absolute Gasteiger partial charge is 0.255 e. The second-order valence-electron chi connectivity index (χ2n) is 33.5. The van der Waals surface area contributed by atoms with E-state index >= 15 is 0 Å². The van der Waals surface area contributed by atoms with E-state index < -0.39 is 45.8 Å². The Bertz CT molecular complexity index is 6740. The number of ether oxygens (including phenoxy) is 5. The van der Waals surface area contributed by atoms with Gasteiger partial charge in [0.1, 0.15) is 17.2 Å². The van der Waals surface area contributed by atoms with Gasteiger partial charge in [-0.15, -0.1) is 24.4 Å². The summed E-state index contributed by atoms with van der Waals surface area (Å²) in [5, 5.41) is 14.9. The van der Waals surface area contributed by atoms with Crippen molar-refractivity contribution in [3.05, 3.63) is 356 Å². The number of methoxy groups -OCH3 is 1. The largest absolute Gasteiger partial charge is 0.496 e. The van der Waals surface area contributed by atoms with Crippen molar-refractivity contribution < 1.29 is 81.3 Å². The Morgan fingerprint density at radius 2 is 0.857 bits per heavy atom. The van der Waals surface area contributed by atoms with Crippen molar-refractivity contribution >= 4 is 154 Å². The van der Waals surface area contributed by atoms with Gasteiger partial charge in [-0.3, -0.25) is 24.0 Å². The standard InChI is InChI=1S/C29H25ClN2O4S.C28H31ClN2O4S2.C27H29BrN2O4S2.C27H37Cl2NO6S/c30-24-13-16-26(28(33)23-9-5-2-6-10-23)27(19-24)29(34)31-18-17-21-11-14-25(15-12-21)37(35,36)32-20-22-7-3-1-4-8-22;1-3-5-16-35-27-11-8-25(29)19-24(27)20-31(28(32)18-23-13-17-36-21-23)15-12-22-6-9-26(10-7-22)37(33,34)30-14-4-2;1-3-13-29-36(32,33)25-8-5-21(6-9-25)11-14-30(27(31)17-22-12-16-35-20-22)19-23-18-24(28)7-10-26(23)34-15-4-2;1-34-26-12-9-23(29)21-25(26)27(31)30-15-13-22-7-10-24(11-8-22)37(32,33)20-6-17-36-19-18-35-16-5-3-2-4-14-28/h1-16,19,32H,17-18,20H2,(H,31,34);2,6-11,13,17,19,21,30H,3,5,12,14-16,18,20H2,1H3;1,5-10,12,16,18,20,29H,4,11,13-15,17,19H2,2H3;7-12,21H,2-6,13-20H2,1H3,(H,30,31). The van der Waals surface area contributed by atoms with E-state index in [-0.39, 0.29) is 79.6 Å². The van der Waals surface area contributed by atoms with E-state index in [0.29, 0.717) is 162 Å². The summed E-state index contributed by atoms with van der Waals surface area (Å²) in [6.07, 6.45) is 20.6. The van der Waals surface area contributed by atoms with Gasteiger partial charge in [-0.05, 0) is 252 Å². The Balaban J connectivity index is 0.000000218. The lowest BCUT2D eigenvalue weighted by atomic mass is 9.98. The second kappa shape index (κ2) is 63.7. The number of rotatable bonds is 56. The highest BCUT2D eigenvalue weighted by molar-refractivity contribution is 9.10. The molecule has 0 aliphatic rings. The average molecular weight is 2260 g/mol. The molecule has 0 atom stereocenters. The molecule has 10 aromatic carbocycles. The summed E-state index contributed by atoms with van der Waals surface area (Å²) in [5.41, 5.74) is 9.53. The molecule has 0 saturated heterocycles. The minimum Gasteiger partial charge on any atom is -0.496 e. The Labute approximate surface area is 901 Å². The van der Waals surface area contributed by atoms with E-state index in [1.807, 2.05) is 105 Å². The molecule has 147 heavy (non-hydrogen) atoms. The number of terminal acetylenes is 2. The molecule has 2 aromatic heterocycles. The summed E-state index contributed by atoms with van der Waals surface area (Å²) in [6.45, 7) is 9.83. The molecule has 0 spiro atoms. The van der Waals surface area contributed by atoms with Gasteiger partial charge in [-0.1, -0.05) is 205 Å². The Kier molecular flexibility index (Phi) is 51.7. The molecular formula is C111H122BrCl4N7O18S6. The highest BCUT2D eigenvalue weighted by Crippen LogP contribution is 2.31. The third-order valence-electron chi connectivity index (χ3n) is 22.5. The van der Waals surface area contributed by atoms with Crippen LogP contribution >= 0.6 is 85.0 Å². The fraction of sp³-hybridized carbons (Fsp3) is 0.306. The third-order valence-corrected chi connectivity index (χ3v) is 31.5. The number of nitrogens with zero attached hydrogens (tertiary/aromatic N) is 2. The van der Waals surface area contributed by atoms with Gasteiger partial charge in [-0.2, -0.15) is 32.1 Å². The highest BCUT2D eigenvalue weighted by Gasteiger charge is 2.26. The number of amides is 4. The number of sulfonamides is 3. The maximum absolute atomic E-state index is 13.3. The number of ketones is 1. The molecule has 12 rings (SSSR count). The summed E-state index contributed by atoms with van der Waals surface area (Å²) >= 11 is 30.7. The number of benzene rings is 10. The van der Waals surface area contributed by atoms with Crippen molar-refractivity contribution in [3.63, 3.8) is 0 Å². The number of unbranched alkanes of at least 4 members (excludes halogenated alkanes) is 4. The van der Waals surface area contributed by atoms with Gasteiger partial charge >= 0.3 is 0 Å². The summed E-state index contributed by atoms with van der Waals surface area (Å²) in [5.74, 6) is 6.24. The van der Waals surface area contributed by atoms with Crippen LogP contribution in [0.1, 0.15) is 152 Å². The van der Waals surface area contributed by atoms with E-state index in [1.165, 1.54) is 25.3 Å². The van der Waals surface area contributed by atoms with Crippen molar-refractivity contribution in [2.45, 2.75) is 143 Å². The van der Waals surface area contributed by atoms with E-state index in [2.05, 4.69) is 66.4 Å². The summed E-state index contributed by atoms with van der Waals surface area (Å²) in [7, 11) is -12.8. The van der Waals surface area contributed by atoms with Gasteiger partial charge in [0, 0.05) is 107 Å². The third kappa shape index (κ3) is 41.8. The zero-order valence-corrected chi connectivity index (χ0v) is 91.6. The maximum Gasteiger partial charge on any atom is 0.255 e. The summed E-state index contributed by atoms with van der Waals surface area (Å²) in [6, 6.07) is 69.2. The van der Waals surface area contributed by atoms with Crippen molar-refractivity contribution in [2.75, 3.05) is 97.7 Å². The predicted octanol–water partition coefficient (Wildman–Crippen LogP) is 20.7. The first-order valence-electron chi connectivity index (χ1n) is 47.7. The molecule has 12 aromatic rings. The predicted molar refractivity (Wildman–Crippen MR) is 589 cm³/mol. The highest BCUT2D eigenvalue weighted by atomic mass is 79.9. The molecule has 780 valence electrons. The molecule has 2 heterocycles. The number of carbonyl (C=O) groups is 5. The number of nitrogens with one attached hydrogen (secondary N) is 5. The molecule has 0 aliphatic heterocycles. The normalized spacial score (nSPS) is 11.2. The van der Waals surface area contributed by atoms with E-state index in [9.17, 15) is 57.6 Å². The van der Waals surface area contributed by atoms with E-state index in [0.717, 1.165) is 111 Å². The lowest BCUT2D eigenvalue weighted by Gasteiger charge is -2.24. The molecule has 5 N–H and O–H groups in total. The first-order valence-corrected chi connectivity index (χ1v) is 58.2. The van der Waals surface area contributed by atoms with Crippen LogP contribution in [0.2, 0.25) is 15.1 Å². The minimum absolute atomic E-state index is 0.00411. The zero-order chi connectivity index (χ0) is 106. The number of hydrogen-bond acceptors (Lipinski definition) is 20. The fourth-order valence-corrected chi connectivity index (χ4v) is 21.1. The number of thiophene rings is 2. The van der Waals surface area contributed by atoms with Crippen LogP contribution in [0, 0.1) is 24.7 Å². The quantitative estimate of drug-likeness (QED) is 0.0102. The number of alkyl halides is 1. The molecule has 0 aliphatic carbocycles. The van der Waals surface area contributed by atoms with Crippen LogP contribution in [0.25, 0.3) is 0 Å². The van der Waals surface area contributed by atoms with Crippen molar-refractivity contribution in [1.29, 1.82) is 0 Å². The first-order chi connectivity index (χ1) is 70.8. The van der Waals surface area contributed by atoms with Crippen LogP contribution in [0.3, 0.4) is 0 Å². The van der Waals surface area contributed by atoms with Gasteiger partial charge < -0.3 is 44.1 Å². The minimum atomic E-state index is -3.65. The molecular weight excluding hydrogens is 2130 g/mol. The summed E-state index contributed by atoms with van der Waals surface area (Å²) in [4.78, 5) is 69.3. The first kappa shape index (κ1) is 119. The molecule has 0 bridgehead atoms. The van der Waals surface area contributed by atoms with Crippen LogP contribution in [0.15, 0.2) is 288 Å². The van der Waals surface area contributed by atoms with Gasteiger partial charge in [0.15, 0.2) is 15.6 Å². The monoisotopic (exact) mass is 2250 g/mol. The van der Waals surface area contributed by atoms with E-state index in [1.54, 1.807) is 173 Å². The molecule has 0 saturated carbocycles. The molecule has 0 radical (unpaired) electrons. The van der Waals surface area contributed by atoms with Crippen LogP contribution in [-0.2, 0) is 117 Å².